The summed E-state index contributed by atoms with van der Waals surface area (Å²) in [6, 6.07) is 6.96. The first kappa shape index (κ1) is 21.5. The summed E-state index contributed by atoms with van der Waals surface area (Å²) in [5.74, 6) is -4.71. The molecule has 0 unspecified atom stereocenters. The van der Waals surface area contributed by atoms with Crippen molar-refractivity contribution in [2.45, 2.75) is 17.3 Å². The van der Waals surface area contributed by atoms with Gasteiger partial charge in [-0.05, 0) is 41.6 Å². The number of aromatic nitrogens is 1. The van der Waals surface area contributed by atoms with Gasteiger partial charge in [-0.2, -0.15) is 8.78 Å². The number of halogens is 3. The standard InChI is InChI=1S/C18H17F3N2O4S/c1-23(9-11-5-6-14(26-2)13(19)8-11)15(24)10-27-17(25)12-4-3-7-22-16(12)28-18(20)21/h3-8,18H,9-10H2,1-2H3. The number of hydrogen-bond acceptors (Lipinski definition) is 6. The molecule has 0 aliphatic rings. The second kappa shape index (κ2) is 9.98. The molecule has 6 nitrogen and oxygen atoms in total. The predicted octanol–water partition coefficient (Wildman–Crippen LogP) is 3.36. The zero-order valence-electron chi connectivity index (χ0n) is 15.0. The molecule has 28 heavy (non-hydrogen) atoms. The molecule has 0 spiro atoms. The van der Waals surface area contributed by atoms with Crippen molar-refractivity contribution in [1.29, 1.82) is 0 Å². The van der Waals surface area contributed by atoms with E-state index in [0.717, 1.165) is 0 Å². The number of alkyl halides is 2. The van der Waals surface area contributed by atoms with Crippen LogP contribution in [0.5, 0.6) is 5.75 Å². The molecule has 0 fully saturated rings. The van der Waals surface area contributed by atoms with E-state index in [1.165, 1.54) is 49.5 Å². The summed E-state index contributed by atoms with van der Waals surface area (Å²) in [6.45, 7) is -0.516. The number of amides is 1. The molecule has 2 rings (SSSR count). The lowest BCUT2D eigenvalue weighted by Gasteiger charge is -2.17. The number of hydrogen-bond donors (Lipinski definition) is 0. The molecular formula is C18H17F3N2O4S. The number of esters is 1. The minimum absolute atomic E-state index is 0.0800. The van der Waals surface area contributed by atoms with Crippen molar-refractivity contribution in [3.8, 4) is 5.75 Å². The van der Waals surface area contributed by atoms with Crippen molar-refractivity contribution in [3.63, 3.8) is 0 Å². The second-order valence-electron chi connectivity index (χ2n) is 5.53. The number of ether oxygens (including phenoxy) is 2. The lowest BCUT2D eigenvalue weighted by molar-refractivity contribution is -0.133. The summed E-state index contributed by atoms with van der Waals surface area (Å²) in [7, 11) is 2.80. The van der Waals surface area contributed by atoms with Crippen molar-refractivity contribution >= 4 is 23.6 Å². The summed E-state index contributed by atoms with van der Waals surface area (Å²) in [4.78, 5) is 29.2. The number of nitrogens with zero attached hydrogens (tertiary/aromatic N) is 2. The molecule has 1 aromatic heterocycles. The van der Waals surface area contributed by atoms with Crippen molar-refractivity contribution in [2.24, 2.45) is 0 Å². The monoisotopic (exact) mass is 414 g/mol. The zero-order chi connectivity index (χ0) is 20.7. The van der Waals surface area contributed by atoms with Crippen LogP contribution in [-0.4, -0.2) is 48.3 Å². The van der Waals surface area contributed by atoms with E-state index in [9.17, 15) is 22.8 Å². The van der Waals surface area contributed by atoms with Crippen LogP contribution < -0.4 is 4.74 Å². The van der Waals surface area contributed by atoms with E-state index in [4.69, 9.17) is 9.47 Å². The van der Waals surface area contributed by atoms with Gasteiger partial charge in [-0.25, -0.2) is 14.2 Å². The third kappa shape index (κ3) is 5.88. The van der Waals surface area contributed by atoms with Crippen LogP contribution in [0, 0.1) is 5.82 Å². The molecule has 0 bridgehead atoms. The Hall–Kier alpha value is -2.75. The fraction of sp³-hybridized carbons (Fsp3) is 0.278. The fourth-order valence-corrected chi connectivity index (χ4v) is 2.78. The molecule has 0 saturated carbocycles. The first-order chi connectivity index (χ1) is 13.3. The molecule has 0 saturated heterocycles. The highest BCUT2D eigenvalue weighted by atomic mass is 32.2. The molecule has 0 atom stereocenters. The highest BCUT2D eigenvalue weighted by Crippen LogP contribution is 2.26. The van der Waals surface area contributed by atoms with Gasteiger partial charge in [0.2, 0.25) is 0 Å². The summed E-state index contributed by atoms with van der Waals surface area (Å²) in [6.07, 6.45) is 1.27. The topological polar surface area (TPSA) is 68.7 Å². The Balaban J connectivity index is 1.94. The normalized spacial score (nSPS) is 10.6. The number of carbonyl (C=O) groups excluding carboxylic acids is 2. The third-order valence-corrected chi connectivity index (χ3v) is 4.31. The van der Waals surface area contributed by atoms with E-state index in [1.54, 1.807) is 6.07 Å². The molecule has 0 radical (unpaired) electrons. The number of likely N-dealkylation sites (N-methyl/N-ethyl adjacent to an activating group) is 1. The molecule has 1 amide bonds. The Morgan fingerprint density at radius 3 is 2.68 bits per heavy atom. The average Bonchev–Trinajstić information content (AvgIpc) is 2.66. The maximum absolute atomic E-state index is 13.7. The number of methoxy groups -OCH3 is 1. The molecule has 2 aromatic rings. The van der Waals surface area contributed by atoms with Gasteiger partial charge >= 0.3 is 5.97 Å². The molecular weight excluding hydrogens is 397 g/mol. The highest BCUT2D eigenvalue weighted by molar-refractivity contribution is 7.99. The number of rotatable bonds is 8. The SMILES string of the molecule is COc1ccc(CN(C)C(=O)COC(=O)c2cccnc2SC(F)F)cc1F. The summed E-state index contributed by atoms with van der Waals surface area (Å²) in [5.41, 5.74) is 0.365. The first-order valence-electron chi connectivity index (χ1n) is 7.95. The molecule has 150 valence electrons. The Morgan fingerprint density at radius 1 is 1.29 bits per heavy atom. The quantitative estimate of drug-likeness (QED) is 0.487. The molecule has 0 aliphatic heterocycles. The highest BCUT2D eigenvalue weighted by Gasteiger charge is 2.20. The molecule has 1 aromatic carbocycles. The molecule has 10 heteroatoms. The van der Waals surface area contributed by atoms with E-state index >= 15 is 0 Å². The lowest BCUT2D eigenvalue weighted by atomic mass is 10.2. The van der Waals surface area contributed by atoms with Gasteiger partial charge in [0.05, 0.1) is 12.7 Å². The maximum atomic E-state index is 13.7. The van der Waals surface area contributed by atoms with Crippen LogP contribution in [0.2, 0.25) is 0 Å². The van der Waals surface area contributed by atoms with Crippen LogP contribution in [0.25, 0.3) is 0 Å². The van der Waals surface area contributed by atoms with E-state index in [-0.39, 0.29) is 34.6 Å². The van der Waals surface area contributed by atoms with Gasteiger partial charge in [-0.15, -0.1) is 0 Å². The van der Waals surface area contributed by atoms with Crippen molar-refractivity contribution in [2.75, 3.05) is 20.8 Å². The lowest BCUT2D eigenvalue weighted by Crippen LogP contribution is -2.31. The van der Waals surface area contributed by atoms with Gasteiger partial charge in [-0.1, -0.05) is 6.07 Å². The fourth-order valence-electron chi connectivity index (χ4n) is 2.21. The van der Waals surface area contributed by atoms with Crippen molar-refractivity contribution < 1.29 is 32.2 Å². The van der Waals surface area contributed by atoms with Crippen LogP contribution in [0.15, 0.2) is 41.6 Å². The van der Waals surface area contributed by atoms with Crippen LogP contribution in [0.1, 0.15) is 15.9 Å². The number of benzene rings is 1. The van der Waals surface area contributed by atoms with E-state index in [0.29, 0.717) is 5.56 Å². The van der Waals surface area contributed by atoms with Gasteiger partial charge in [-0.3, -0.25) is 4.79 Å². The maximum Gasteiger partial charge on any atom is 0.341 e. The van der Waals surface area contributed by atoms with Crippen LogP contribution >= 0.6 is 11.8 Å². The van der Waals surface area contributed by atoms with E-state index in [2.05, 4.69) is 4.98 Å². The summed E-state index contributed by atoms with van der Waals surface area (Å²) < 4.78 is 48.5. The minimum Gasteiger partial charge on any atom is -0.494 e. The Morgan fingerprint density at radius 2 is 2.04 bits per heavy atom. The number of carbonyl (C=O) groups is 2. The van der Waals surface area contributed by atoms with Gasteiger partial charge in [0.25, 0.3) is 11.7 Å². The Bertz CT molecular complexity index is 851. The first-order valence-corrected chi connectivity index (χ1v) is 8.83. The van der Waals surface area contributed by atoms with Gasteiger partial charge < -0.3 is 14.4 Å². The smallest absolute Gasteiger partial charge is 0.341 e. The van der Waals surface area contributed by atoms with Crippen LogP contribution in [0.4, 0.5) is 13.2 Å². The zero-order valence-corrected chi connectivity index (χ0v) is 15.8. The molecule has 1 heterocycles. The molecule has 0 aliphatic carbocycles. The van der Waals surface area contributed by atoms with Gasteiger partial charge in [0.15, 0.2) is 18.2 Å². The second-order valence-corrected chi connectivity index (χ2v) is 6.51. The minimum atomic E-state index is -2.75. The summed E-state index contributed by atoms with van der Waals surface area (Å²) in [5, 5.41) is -0.183. The Kier molecular flexibility index (Phi) is 7.68. The Labute approximate surface area is 163 Å². The average molecular weight is 414 g/mol. The molecule has 0 N–H and O–H groups in total. The van der Waals surface area contributed by atoms with Gasteiger partial charge in [0, 0.05) is 19.8 Å². The summed E-state index contributed by atoms with van der Waals surface area (Å²) >= 11 is 0.114. The van der Waals surface area contributed by atoms with E-state index < -0.39 is 30.1 Å². The van der Waals surface area contributed by atoms with Gasteiger partial charge in [0.1, 0.15) is 5.03 Å². The van der Waals surface area contributed by atoms with Crippen LogP contribution in [0.3, 0.4) is 0 Å². The number of thioether (sulfide) groups is 1. The van der Waals surface area contributed by atoms with E-state index in [1.807, 2.05) is 0 Å². The van der Waals surface area contributed by atoms with Crippen molar-refractivity contribution in [1.82, 2.24) is 9.88 Å². The van der Waals surface area contributed by atoms with Crippen molar-refractivity contribution in [3.05, 3.63) is 53.5 Å². The third-order valence-electron chi connectivity index (χ3n) is 3.58. The largest absolute Gasteiger partial charge is 0.494 e. The number of pyridine rings is 1. The van der Waals surface area contributed by atoms with Crippen LogP contribution in [-0.2, 0) is 16.1 Å². The predicted molar refractivity (Wildman–Crippen MR) is 95.8 cm³/mol.